The molecule has 0 bridgehead atoms. The minimum absolute atomic E-state index is 0.0193. The molecule has 2 unspecified atom stereocenters. The van der Waals surface area contributed by atoms with Crippen LogP contribution in [0.3, 0.4) is 0 Å². The zero-order valence-corrected chi connectivity index (χ0v) is 29.9. The summed E-state index contributed by atoms with van der Waals surface area (Å²) in [5, 5.41) is 6.44. The number of carbonyl (C=O) groups excluding carboxylic acids is 5. The number of anilines is 1. The third kappa shape index (κ3) is 10.4. The number of unbranched alkanes of at least 4 members (excludes halogenated alkanes) is 2. The number of hydrogen-bond donors (Lipinski definition) is 4. The van der Waals surface area contributed by atoms with E-state index >= 15 is 0 Å². The van der Waals surface area contributed by atoms with E-state index in [9.17, 15) is 33.8 Å². The van der Waals surface area contributed by atoms with Gasteiger partial charge in [0.1, 0.15) is 11.5 Å². The second-order valence-electron chi connectivity index (χ2n) is 11.9. The van der Waals surface area contributed by atoms with E-state index < -0.39 is 38.1 Å². The van der Waals surface area contributed by atoms with E-state index in [-0.39, 0.29) is 29.2 Å². The number of amides is 4. The quantitative estimate of drug-likeness (QED) is 0.0454. The molecule has 51 heavy (non-hydrogen) atoms. The highest BCUT2D eigenvalue weighted by molar-refractivity contribution is 7.54. The fourth-order valence-electron chi connectivity index (χ4n) is 5.90. The molecule has 1 aromatic heterocycles. The lowest BCUT2D eigenvalue weighted by Gasteiger charge is -2.31. The first-order valence-electron chi connectivity index (χ1n) is 17.1. The lowest BCUT2D eigenvalue weighted by atomic mass is 9.90. The SMILES string of the molecule is CCCCCC(C(=O)NCNC(=O)c1ccc(-c2cc(OCC)cc(P(O)O)c2)o1)C(CC)N(C=O)OC(=O)c1ccc(N2CCCC2=O)cc1. The molecule has 2 atom stereocenters. The molecular formula is C36H45N4O10P. The summed E-state index contributed by atoms with van der Waals surface area (Å²) >= 11 is 0. The lowest BCUT2D eigenvalue weighted by Crippen LogP contribution is -2.49. The van der Waals surface area contributed by atoms with Gasteiger partial charge in [0.05, 0.1) is 30.8 Å². The highest BCUT2D eigenvalue weighted by Crippen LogP contribution is 2.31. The number of carbonyl (C=O) groups is 5. The third-order valence-electron chi connectivity index (χ3n) is 8.50. The molecule has 0 radical (unpaired) electrons. The van der Waals surface area contributed by atoms with Gasteiger partial charge in [-0.2, -0.15) is 5.06 Å². The molecule has 4 N–H and O–H groups in total. The first-order valence-corrected chi connectivity index (χ1v) is 18.3. The Morgan fingerprint density at radius 3 is 2.43 bits per heavy atom. The molecule has 1 aliphatic rings. The van der Waals surface area contributed by atoms with E-state index in [1.165, 1.54) is 30.3 Å². The Morgan fingerprint density at radius 1 is 1.04 bits per heavy atom. The van der Waals surface area contributed by atoms with Crippen LogP contribution in [0.15, 0.2) is 59.0 Å². The standard InChI is InChI=1S/C36H45N4O10P/c1-4-7-8-10-29(30(5-2)40(23-41)50-36(45)24-12-14-26(15-13-24)39-18-9-11-33(39)42)34(43)37-22-38-35(44)32-17-16-31(49-32)25-19-27(48-6-3)21-28(20-25)51(46)47/h12-17,19-21,23,29-30,46-47H,4-11,18,22H2,1-3H3,(H,37,43)(H,38,44). The highest BCUT2D eigenvalue weighted by atomic mass is 31.2. The molecule has 2 heterocycles. The van der Waals surface area contributed by atoms with Crippen LogP contribution in [0.1, 0.15) is 86.6 Å². The van der Waals surface area contributed by atoms with Crippen LogP contribution in [0.25, 0.3) is 11.3 Å². The highest BCUT2D eigenvalue weighted by Gasteiger charge is 2.34. The number of hydroxylamine groups is 2. The minimum Gasteiger partial charge on any atom is -0.494 e. The van der Waals surface area contributed by atoms with Gasteiger partial charge in [-0.1, -0.05) is 33.1 Å². The minimum atomic E-state index is -2.39. The molecule has 3 aromatic rings. The summed E-state index contributed by atoms with van der Waals surface area (Å²) in [7, 11) is -2.39. The molecule has 4 amide bonds. The van der Waals surface area contributed by atoms with Crippen molar-refractivity contribution in [2.24, 2.45) is 5.92 Å². The normalized spacial score (nSPS) is 13.8. The summed E-state index contributed by atoms with van der Waals surface area (Å²) in [6.07, 6.45) is 4.77. The predicted molar refractivity (Wildman–Crippen MR) is 190 cm³/mol. The molecular weight excluding hydrogens is 679 g/mol. The van der Waals surface area contributed by atoms with Gasteiger partial charge in [-0.15, -0.1) is 0 Å². The maximum atomic E-state index is 13.5. The van der Waals surface area contributed by atoms with Crippen molar-refractivity contribution in [1.29, 1.82) is 0 Å². The molecule has 274 valence electrons. The number of furan rings is 1. The monoisotopic (exact) mass is 724 g/mol. The molecule has 0 saturated carbocycles. The largest absolute Gasteiger partial charge is 0.494 e. The Bertz CT molecular complexity index is 1660. The van der Waals surface area contributed by atoms with Crippen molar-refractivity contribution in [2.75, 3.05) is 24.7 Å². The van der Waals surface area contributed by atoms with E-state index in [4.69, 9.17) is 14.0 Å². The summed E-state index contributed by atoms with van der Waals surface area (Å²) in [5.74, 6) is -1.89. The lowest BCUT2D eigenvalue weighted by molar-refractivity contribution is -0.171. The molecule has 2 aromatic carbocycles. The fraction of sp³-hybridized carbons (Fsp3) is 0.417. The van der Waals surface area contributed by atoms with Crippen LogP contribution < -0.4 is 25.6 Å². The Labute approximate surface area is 298 Å². The van der Waals surface area contributed by atoms with Crippen LogP contribution in [-0.2, 0) is 19.2 Å². The summed E-state index contributed by atoms with van der Waals surface area (Å²) in [6, 6.07) is 13.3. The van der Waals surface area contributed by atoms with Gasteiger partial charge < -0.3 is 39.3 Å². The van der Waals surface area contributed by atoms with Gasteiger partial charge in [0, 0.05) is 29.5 Å². The van der Waals surface area contributed by atoms with Crippen molar-refractivity contribution in [3.63, 3.8) is 0 Å². The molecule has 0 spiro atoms. The van der Waals surface area contributed by atoms with E-state index in [1.54, 1.807) is 43.0 Å². The predicted octanol–water partition coefficient (Wildman–Crippen LogP) is 4.40. The number of ether oxygens (including phenoxy) is 1. The van der Waals surface area contributed by atoms with Gasteiger partial charge in [-0.3, -0.25) is 19.2 Å². The van der Waals surface area contributed by atoms with Gasteiger partial charge in [0.15, 0.2) is 14.1 Å². The van der Waals surface area contributed by atoms with Crippen molar-refractivity contribution >= 4 is 49.5 Å². The number of nitrogens with zero attached hydrogens (tertiary/aromatic N) is 2. The summed E-state index contributed by atoms with van der Waals surface area (Å²) in [5.41, 5.74) is 1.33. The first kappa shape index (κ1) is 39.0. The molecule has 1 saturated heterocycles. The zero-order chi connectivity index (χ0) is 36.9. The van der Waals surface area contributed by atoms with Crippen LogP contribution in [0.4, 0.5) is 5.69 Å². The van der Waals surface area contributed by atoms with Gasteiger partial charge in [-0.05, 0) is 80.8 Å². The maximum Gasteiger partial charge on any atom is 0.363 e. The van der Waals surface area contributed by atoms with Gasteiger partial charge in [-0.25, -0.2) is 4.79 Å². The third-order valence-corrected chi connectivity index (χ3v) is 9.22. The van der Waals surface area contributed by atoms with Crippen molar-refractivity contribution in [2.45, 2.75) is 71.8 Å². The fourth-order valence-corrected chi connectivity index (χ4v) is 6.40. The maximum absolute atomic E-state index is 13.5. The average Bonchev–Trinajstić information content (AvgIpc) is 3.80. The summed E-state index contributed by atoms with van der Waals surface area (Å²) in [6.45, 7) is 6.33. The van der Waals surface area contributed by atoms with Gasteiger partial charge >= 0.3 is 5.97 Å². The van der Waals surface area contributed by atoms with E-state index in [2.05, 4.69) is 10.6 Å². The average molecular weight is 725 g/mol. The summed E-state index contributed by atoms with van der Waals surface area (Å²) in [4.78, 5) is 90.4. The molecule has 0 aliphatic carbocycles. The Morgan fingerprint density at radius 2 is 1.80 bits per heavy atom. The molecule has 1 fully saturated rings. The number of hydrogen-bond acceptors (Lipinski definition) is 10. The van der Waals surface area contributed by atoms with E-state index in [0.29, 0.717) is 68.0 Å². The second kappa shape index (κ2) is 19.0. The Hall–Kier alpha value is -4.78. The zero-order valence-electron chi connectivity index (χ0n) is 29.0. The summed E-state index contributed by atoms with van der Waals surface area (Å²) < 4.78 is 11.3. The van der Waals surface area contributed by atoms with Crippen molar-refractivity contribution in [3.8, 4) is 17.1 Å². The van der Waals surface area contributed by atoms with Crippen molar-refractivity contribution in [1.82, 2.24) is 15.7 Å². The smallest absolute Gasteiger partial charge is 0.363 e. The first-order chi connectivity index (χ1) is 24.6. The van der Waals surface area contributed by atoms with Crippen molar-refractivity contribution in [3.05, 3.63) is 65.9 Å². The van der Waals surface area contributed by atoms with Crippen LogP contribution in [-0.4, -0.2) is 70.8 Å². The Kier molecular flexibility index (Phi) is 14.5. The molecule has 4 rings (SSSR count). The molecule has 14 nitrogen and oxygen atoms in total. The van der Waals surface area contributed by atoms with Crippen LogP contribution >= 0.6 is 8.38 Å². The number of benzene rings is 2. The number of rotatable bonds is 19. The van der Waals surface area contributed by atoms with E-state index in [1.807, 2.05) is 6.92 Å². The molecule has 1 aliphatic heterocycles. The Balaban J connectivity index is 1.39. The second-order valence-corrected chi connectivity index (χ2v) is 13.0. The van der Waals surface area contributed by atoms with Crippen LogP contribution in [0.5, 0.6) is 5.75 Å². The van der Waals surface area contributed by atoms with Crippen LogP contribution in [0, 0.1) is 5.92 Å². The van der Waals surface area contributed by atoms with E-state index in [0.717, 1.165) is 24.3 Å². The number of nitrogens with one attached hydrogen (secondary N) is 2. The van der Waals surface area contributed by atoms with Crippen LogP contribution in [0.2, 0.25) is 0 Å². The van der Waals surface area contributed by atoms with Gasteiger partial charge in [0.2, 0.25) is 18.2 Å². The van der Waals surface area contributed by atoms with Crippen molar-refractivity contribution < 1.29 is 47.8 Å². The van der Waals surface area contributed by atoms with Gasteiger partial charge in [0.25, 0.3) is 5.91 Å². The topological polar surface area (TPSA) is 188 Å². The molecule has 15 heteroatoms.